The van der Waals surface area contributed by atoms with E-state index in [1.165, 1.54) is 16.3 Å². The van der Waals surface area contributed by atoms with Crippen LogP contribution in [0, 0.1) is 6.92 Å². The zero-order chi connectivity index (χ0) is 36.5. The van der Waals surface area contributed by atoms with Crippen LogP contribution >= 0.6 is 0 Å². The van der Waals surface area contributed by atoms with Gasteiger partial charge in [-0.2, -0.15) is 0 Å². The van der Waals surface area contributed by atoms with E-state index in [9.17, 15) is 19.2 Å². The molecular formula is C42H46N4O6. The molecule has 0 spiro atoms. The number of benzene rings is 4. The summed E-state index contributed by atoms with van der Waals surface area (Å²) in [6.45, 7) is 8.26. The Morgan fingerprint density at radius 2 is 1.62 bits per heavy atom. The number of hydrogen-bond acceptors (Lipinski definition) is 7. The lowest BCUT2D eigenvalue weighted by molar-refractivity contribution is -0.130. The van der Waals surface area contributed by atoms with Crippen LogP contribution in [0.1, 0.15) is 54.3 Å². The average molecular weight is 703 g/mol. The van der Waals surface area contributed by atoms with Crippen LogP contribution < -0.4 is 20.4 Å². The summed E-state index contributed by atoms with van der Waals surface area (Å²) >= 11 is 0. The molecule has 2 aliphatic heterocycles. The molecule has 2 fully saturated rings. The quantitative estimate of drug-likeness (QED) is 0.170. The first-order valence-electron chi connectivity index (χ1n) is 18.1. The Kier molecular flexibility index (Phi) is 11.9. The molecule has 1 aromatic heterocycles. The molecule has 0 saturated carbocycles. The van der Waals surface area contributed by atoms with Crippen molar-refractivity contribution in [3.63, 3.8) is 0 Å². The number of rotatable bonds is 10. The molecule has 52 heavy (non-hydrogen) atoms. The van der Waals surface area contributed by atoms with Crippen molar-refractivity contribution in [1.82, 2.24) is 15.1 Å². The Morgan fingerprint density at radius 3 is 2.38 bits per heavy atom. The van der Waals surface area contributed by atoms with Crippen molar-refractivity contribution in [3.05, 3.63) is 118 Å². The molecule has 5 aromatic rings. The van der Waals surface area contributed by atoms with Gasteiger partial charge in [0.15, 0.2) is 11.2 Å². The second kappa shape index (κ2) is 17.0. The number of unbranched alkanes of at least 4 members (excludes halogenated alkanes) is 1. The molecular weight excluding hydrogens is 656 g/mol. The van der Waals surface area contributed by atoms with Crippen molar-refractivity contribution in [2.45, 2.75) is 46.1 Å². The summed E-state index contributed by atoms with van der Waals surface area (Å²) in [4.78, 5) is 56.3. The fourth-order valence-electron chi connectivity index (χ4n) is 6.56. The van der Waals surface area contributed by atoms with Crippen LogP contribution in [-0.2, 0) is 16.1 Å². The standard InChI is InChI=1S/C31H36N4O6.C11H10/c1-2-3-17-40-23-10-11-27-24(18-23)26(36)19-28(41-27)31(39)32-20-30(38)34-15-13-33(14-16-34)25-8-5-4-7-22(25)21-35-12-6-9-29(35)37;1-9-6-7-10-4-2-3-5-11(10)8-9/h4-5,7-8,10-11,18-19H,2-3,6,9,12-17,20-21H2,1H3,(H,32,39);2-8H,1H3. The number of fused-ring (bicyclic) bond motifs is 2. The zero-order valence-electron chi connectivity index (χ0n) is 29.9. The first-order valence-corrected chi connectivity index (χ1v) is 18.1. The SMILES string of the molecule is CCCCOc1ccc2oc(C(=O)NCC(=O)N3CCN(c4ccccc4CN4CCCC4=O)CC3)cc(=O)c2c1.Cc1ccc2ccccc2c1. The molecule has 7 rings (SSSR count). The Bertz CT molecular complexity index is 2100. The van der Waals surface area contributed by atoms with Crippen molar-refractivity contribution in [2.75, 3.05) is 50.8 Å². The minimum Gasteiger partial charge on any atom is -0.494 e. The molecule has 3 amide bonds. The number of hydrogen-bond donors (Lipinski definition) is 1. The summed E-state index contributed by atoms with van der Waals surface area (Å²) in [5.74, 6) is -0.198. The van der Waals surface area contributed by atoms with Crippen LogP contribution in [-0.4, -0.2) is 73.4 Å². The molecule has 1 N–H and O–H groups in total. The van der Waals surface area contributed by atoms with Gasteiger partial charge in [0.1, 0.15) is 11.3 Å². The monoisotopic (exact) mass is 702 g/mol. The van der Waals surface area contributed by atoms with E-state index in [4.69, 9.17) is 9.15 Å². The Labute approximate surface area is 304 Å². The Morgan fingerprint density at radius 1 is 0.846 bits per heavy atom. The molecule has 2 saturated heterocycles. The fraction of sp³-hybridized carbons (Fsp3) is 0.333. The van der Waals surface area contributed by atoms with E-state index in [0.717, 1.165) is 43.1 Å². The highest BCUT2D eigenvalue weighted by molar-refractivity contribution is 5.95. The van der Waals surface area contributed by atoms with Gasteiger partial charge in [-0.15, -0.1) is 0 Å². The second-order valence-electron chi connectivity index (χ2n) is 13.3. The van der Waals surface area contributed by atoms with Crippen molar-refractivity contribution in [1.29, 1.82) is 0 Å². The number of anilines is 1. The molecule has 10 nitrogen and oxygen atoms in total. The minimum absolute atomic E-state index is 0.145. The average Bonchev–Trinajstić information content (AvgIpc) is 3.57. The number of ether oxygens (including phenoxy) is 1. The summed E-state index contributed by atoms with van der Waals surface area (Å²) in [6, 6.07) is 29.1. The van der Waals surface area contributed by atoms with E-state index >= 15 is 0 Å². The predicted octanol–water partition coefficient (Wildman–Crippen LogP) is 6.32. The summed E-state index contributed by atoms with van der Waals surface area (Å²) in [7, 11) is 0. The Balaban J connectivity index is 0.000000357. The van der Waals surface area contributed by atoms with Gasteiger partial charge in [-0.25, -0.2) is 0 Å². The first-order chi connectivity index (χ1) is 25.3. The molecule has 4 aromatic carbocycles. The van der Waals surface area contributed by atoms with E-state index in [2.05, 4.69) is 78.7 Å². The molecule has 0 aliphatic carbocycles. The molecule has 0 bridgehead atoms. The maximum atomic E-state index is 12.9. The maximum Gasteiger partial charge on any atom is 0.287 e. The van der Waals surface area contributed by atoms with Crippen molar-refractivity contribution in [3.8, 4) is 5.75 Å². The predicted molar refractivity (Wildman–Crippen MR) is 204 cm³/mol. The summed E-state index contributed by atoms with van der Waals surface area (Å²) in [6.07, 6.45) is 3.43. The number of nitrogens with zero attached hydrogens (tertiary/aromatic N) is 3. The second-order valence-corrected chi connectivity index (χ2v) is 13.3. The summed E-state index contributed by atoms with van der Waals surface area (Å²) in [5.41, 5.74) is 3.44. The smallest absolute Gasteiger partial charge is 0.287 e. The number of para-hydroxylation sites is 1. The zero-order valence-corrected chi connectivity index (χ0v) is 29.9. The number of piperazine rings is 1. The van der Waals surface area contributed by atoms with Gasteiger partial charge in [-0.3, -0.25) is 19.2 Å². The van der Waals surface area contributed by atoms with Gasteiger partial charge in [-0.1, -0.05) is 79.6 Å². The fourth-order valence-corrected chi connectivity index (χ4v) is 6.56. The first kappa shape index (κ1) is 36.2. The van der Waals surface area contributed by atoms with E-state index in [0.29, 0.717) is 56.9 Å². The number of aryl methyl sites for hydroxylation is 1. The lowest BCUT2D eigenvalue weighted by Gasteiger charge is -2.37. The van der Waals surface area contributed by atoms with Crippen molar-refractivity contribution in [2.24, 2.45) is 0 Å². The largest absolute Gasteiger partial charge is 0.494 e. The summed E-state index contributed by atoms with van der Waals surface area (Å²) < 4.78 is 11.3. The normalized spacial score (nSPS) is 14.3. The molecule has 0 radical (unpaired) electrons. The third kappa shape index (κ3) is 8.98. The third-order valence-electron chi connectivity index (χ3n) is 9.49. The van der Waals surface area contributed by atoms with Gasteiger partial charge in [-0.05, 0) is 60.4 Å². The molecule has 0 atom stereocenters. The molecule has 270 valence electrons. The molecule has 2 aliphatic rings. The molecule has 0 unspecified atom stereocenters. The van der Waals surface area contributed by atoms with E-state index < -0.39 is 5.91 Å². The number of amides is 3. The summed E-state index contributed by atoms with van der Waals surface area (Å²) in [5, 5.41) is 5.57. The molecule has 10 heteroatoms. The maximum absolute atomic E-state index is 12.9. The van der Waals surface area contributed by atoms with Gasteiger partial charge in [0.2, 0.25) is 11.8 Å². The topological polar surface area (TPSA) is 112 Å². The number of likely N-dealkylation sites (tertiary alicyclic amines) is 1. The van der Waals surface area contributed by atoms with Crippen LogP contribution in [0.25, 0.3) is 21.7 Å². The van der Waals surface area contributed by atoms with Gasteiger partial charge in [0.25, 0.3) is 5.91 Å². The highest BCUT2D eigenvalue weighted by Gasteiger charge is 2.25. The lowest BCUT2D eigenvalue weighted by Crippen LogP contribution is -2.51. The van der Waals surface area contributed by atoms with Crippen LogP contribution in [0.15, 0.2) is 100 Å². The van der Waals surface area contributed by atoms with Gasteiger partial charge in [0.05, 0.1) is 18.5 Å². The molecule has 3 heterocycles. The van der Waals surface area contributed by atoms with Crippen LogP contribution in [0.4, 0.5) is 5.69 Å². The number of nitrogens with one attached hydrogen (secondary N) is 1. The lowest BCUT2D eigenvalue weighted by atomic mass is 10.1. The third-order valence-corrected chi connectivity index (χ3v) is 9.49. The number of carbonyl (C=O) groups excluding carboxylic acids is 3. The number of carbonyl (C=O) groups is 3. The van der Waals surface area contributed by atoms with Crippen LogP contribution in [0.2, 0.25) is 0 Å². The Hall–Kier alpha value is -5.64. The van der Waals surface area contributed by atoms with E-state index in [1.807, 2.05) is 17.0 Å². The van der Waals surface area contributed by atoms with Gasteiger partial charge in [0, 0.05) is 57.4 Å². The van der Waals surface area contributed by atoms with E-state index in [1.54, 1.807) is 23.1 Å². The van der Waals surface area contributed by atoms with Gasteiger partial charge < -0.3 is 29.2 Å². The highest BCUT2D eigenvalue weighted by atomic mass is 16.5. The van der Waals surface area contributed by atoms with Crippen LogP contribution in [0.5, 0.6) is 5.75 Å². The minimum atomic E-state index is -0.621. The van der Waals surface area contributed by atoms with E-state index in [-0.39, 0.29) is 35.1 Å². The van der Waals surface area contributed by atoms with Crippen molar-refractivity contribution < 1.29 is 23.5 Å². The van der Waals surface area contributed by atoms with Crippen molar-refractivity contribution >= 4 is 45.2 Å². The highest BCUT2D eigenvalue weighted by Crippen LogP contribution is 2.25. The van der Waals surface area contributed by atoms with Crippen LogP contribution in [0.3, 0.4) is 0 Å². The van der Waals surface area contributed by atoms with Gasteiger partial charge >= 0.3 is 0 Å².